The van der Waals surface area contributed by atoms with E-state index in [4.69, 9.17) is 4.42 Å². The second-order valence-corrected chi connectivity index (χ2v) is 9.97. The van der Waals surface area contributed by atoms with Crippen LogP contribution in [0.25, 0.3) is 11.0 Å². The van der Waals surface area contributed by atoms with Crippen molar-refractivity contribution in [3.8, 4) is 0 Å². The van der Waals surface area contributed by atoms with Crippen molar-refractivity contribution in [2.75, 3.05) is 4.90 Å². The number of ketones is 1. The highest BCUT2D eigenvalue weighted by Crippen LogP contribution is 2.30. The van der Waals surface area contributed by atoms with Gasteiger partial charge in [0.25, 0.3) is 11.7 Å². The third-order valence-corrected chi connectivity index (χ3v) is 7.19. The summed E-state index contributed by atoms with van der Waals surface area (Å²) in [5.74, 6) is -2.23. The average Bonchev–Trinajstić information content (AvgIpc) is 2.97. The molecular formula is C32H30N2O5. The standard InChI is InChI=1S/C32H30N2O5/c1-21-17-18-27-25(19-21)30(36)26(20-39-27)28(31(37)33-23-13-7-3-8-14-23)34(24-15-9-4-10-16-24)32(38)29(35)22-11-5-2-6-12-22/h2,4-6,9-12,15-20,23,28H,3,7-8,13-14H2,1H3,(H,33,37). The summed E-state index contributed by atoms with van der Waals surface area (Å²) in [6.07, 6.45) is 5.94. The number of Topliss-reactive ketones (excluding diaryl/α,β-unsaturated/α-hetero) is 1. The predicted octanol–water partition coefficient (Wildman–Crippen LogP) is 5.51. The van der Waals surface area contributed by atoms with Crippen LogP contribution in [0.4, 0.5) is 5.69 Å². The van der Waals surface area contributed by atoms with E-state index in [1.54, 1.807) is 72.8 Å². The molecule has 0 aliphatic heterocycles. The fourth-order valence-corrected chi connectivity index (χ4v) is 5.17. The van der Waals surface area contributed by atoms with Gasteiger partial charge in [-0.1, -0.05) is 79.4 Å². The molecule has 7 nitrogen and oxygen atoms in total. The number of fused-ring (bicyclic) bond motifs is 1. The highest BCUT2D eigenvalue weighted by Gasteiger charge is 2.39. The number of carbonyl (C=O) groups excluding carboxylic acids is 3. The van der Waals surface area contributed by atoms with E-state index in [2.05, 4.69) is 5.32 Å². The Bertz CT molecular complexity index is 1560. The molecule has 3 aromatic carbocycles. The number of para-hydroxylation sites is 1. The highest BCUT2D eigenvalue weighted by molar-refractivity contribution is 6.47. The van der Waals surface area contributed by atoms with E-state index in [1.165, 1.54) is 6.26 Å². The molecule has 1 aromatic heterocycles. The molecule has 1 N–H and O–H groups in total. The Morgan fingerprint density at radius 1 is 0.897 bits per heavy atom. The molecule has 0 bridgehead atoms. The molecule has 5 rings (SSSR count). The van der Waals surface area contributed by atoms with Gasteiger partial charge in [-0.2, -0.15) is 0 Å². The zero-order valence-electron chi connectivity index (χ0n) is 21.8. The summed E-state index contributed by atoms with van der Waals surface area (Å²) >= 11 is 0. The van der Waals surface area contributed by atoms with Gasteiger partial charge in [-0.05, 0) is 44.0 Å². The fraction of sp³-hybridized carbons (Fsp3) is 0.250. The van der Waals surface area contributed by atoms with Gasteiger partial charge in [0.1, 0.15) is 17.9 Å². The lowest BCUT2D eigenvalue weighted by molar-refractivity contribution is -0.126. The third kappa shape index (κ3) is 5.53. The smallest absolute Gasteiger partial charge is 0.300 e. The first-order valence-corrected chi connectivity index (χ1v) is 13.2. The summed E-state index contributed by atoms with van der Waals surface area (Å²) in [7, 11) is 0. The number of benzene rings is 3. The molecule has 0 radical (unpaired) electrons. The quantitative estimate of drug-likeness (QED) is 0.255. The van der Waals surface area contributed by atoms with Crippen LogP contribution in [0.15, 0.2) is 94.3 Å². The lowest BCUT2D eigenvalue weighted by Gasteiger charge is -2.32. The van der Waals surface area contributed by atoms with Crippen molar-refractivity contribution >= 4 is 34.3 Å². The van der Waals surface area contributed by atoms with Crippen LogP contribution >= 0.6 is 0 Å². The van der Waals surface area contributed by atoms with Crippen molar-refractivity contribution in [1.29, 1.82) is 0 Å². The van der Waals surface area contributed by atoms with Gasteiger partial charge < -0.3 is 9.73 Å². The van der Waals surface area contributed by atoms with Gasteiger partial charge in [0.05, 0.1) is 10.9 Å². The number of hydrogen-bond acceptors (Lipinski definition) is 5. The molecule has 0 spiro atoms. The summed E-state index contributed by atoms with van der Waals surface area (Å²) < 4.78 is 5.81. The molecule has 0 saturated heterocycles. The van der Waals surface area contributed by atoms with Gasteiger partial charge in [0.15, 0.2) is 5.43 Å². The van der Waals surface area contributed by atoms with Crippen molar-refractivity contribution in [2.24, 2.45) is 0 Å². The van der Waals surface area contributed by atoms with Crippen molar-refractivity contribution in [3.05, 3.63) is 112 Å². The van der Waals surface area contributed by atoms with E-state index in [-0.39, 0.29) is 17.2 Å². The number of aryl methyl sites for hydroxylation is 1. The topological polar surface area (TPSA) is 96.7 Å². The van der Waals surface area contributed by atoms with Gasteiger partial charge in [0, 0.05) is 17.3 Å². The second kappa shape index (κ2) is 11.5. The van der Waals surface area contributed by atoms with Gasteiger partial charge in [-0.15, -0.1) is 0 Å². The van der Waals surface area contributed by atoms with Crippen LogP contribution in [-0.4, -0.2) is 23.6 Å². The molecule has 39 heavy (non-hydrogen) atoms. The summed E-state index contributed by atoms with van der Waals surface area (Å²) in [5, 5.41) is 3.37. The molecule has 1 fully saturated rings. The first-order chi connectivity index (χ1) is 18.9. The fourth-order valence-electron chi connectivity index (χ4n) is 5.17. The number of carbonyl (C=O) groups is 3. The number of hydrogen-bond donors (Lipinski definition) is 1. The zero-order valence-corrected chi connectivity index (χ0v) is 21.8. The minimum Gasteiger partial charge on any atom is -0.464 e. The van der Waals surface area contributed by atoms with E-state index in [1.807, 2.05) is 13.0 Å². The molecule has 1 atom stereocenters. The number of anilines is 1. The molecular weight excluding hydrogens is 492 g/mol. The van der Waals surface area contributed by atoms with E-state index in [0.29, 0.717) is 16.7 Å². The maximum absolute atomic E-state index is 14.0. The third-order valence-electron chi connectivity index (χ3n) is 7.19. The van der Waals surface area contributed by atoms with Crippen LogP contribution < -0.4 is 15.6 Å². The molecule has 1 heterocycles. The Kier molecular flexibility index (Phi) is 7.68. The predicted molar refractivity (Wildman–Crippen MR) is 150 cm³/mol. The summed E-state index contributed by atoms with van der Waals surface area (Å²) in [6.45, 7) is 1.86. The SMILES string of the molecule is Cc1ccc2occ(C(C(=O)NC3CCCCC3)N(C(=O)C(=O)c3ccccc3)c3ccccc3)c(=O)c2c1. The maximum Gasteiger partial charge on any atom is 0.300 e. The van der Waals surface area contributed by atoms with E-state index in [0.717, 1.165) is 42.6 Å². The first kappa shape index (κ1) is 26.1. The van der Waals surface area contributed by atoms with E-state index in [9.17, 15) is 19.2 Å². The molecule has 1 aliphatic rings. The minimum absolute atomic E-state index is 0.0144. The van der Waals surface area contributed by atoms with Crippen LogP contribution in [0.2, 0.25) is 0 Å². The number of amides is 2. The lowest BCUT2D eigenvalue weighted by Crippen LogP contribution is -2.50. The summed E-state index contributed by atoms with van der Waals surface area (Å²) in [5.41, 5.74) is 1.30. The Morgan fingerprint density at radius 3 is 2.26 bits per heavy atom. The number of nitrogens with one attached hydrogen (secondary N) is 1. The van der Waals surface area contributed by atoms with Gasteiger partial charge in [-0.3, -0.25) is 24.1 Å². The molecule has 1 aliphatic carbocycles. The first-order valence-electron chi connectivity index (χ1n) is 13.2. The molecule has 1 saturated carbocycles. The van der Waals surface area contributed by atoms with E-state index < -0.39 is 29.1 Å². The van der Waals surface area contributed by atoms with Crippen molar-refractivity contribution in [2.45, 2.75) is 51.1 Å². The van der Waals surface area contributed by atoms with Crippen molar-refractivity contribution in [3.63, 3.8) is 0 Å². The van der Waals surface area contributed by atoms with E-state index >= 15 is 0 Å². The minimum atomic E-state index is -1.42. The molecule has 198 valence electrons. The number of nitrogens with zero attached hydrogens (tertiary/aromatic N) is 1. The Balaban J connectivity index is 1.67. The van der Waals surface area contributed by atoms with Crippen molar-refractivity contribution in [1.82, 2.24) is 5.32 Å². The van der Waals surface area contributed by atoms with Crippen LogP contribution in [0, 0.1) is 6.92 Å². The lowest BCUT2D eigenvalue weighted by atomic mass is 9.94. The van der Waals surface area contributed by atoms with Crippen LogP contribution in [0.3, 0.4) is 0 Å². The monoisotopic (exact) mass is 522 g/mol. The van der Waals surface area contributed by atoms with Gasteiger partial charge in [0.2, 0.25) is 5.91 Å². The molecule has 4 aromatic rings. The second-order valence-electron chi connectivity index (χ2n) is 9.97. The molecule has 7 heteroatoms. The summed E-state index contributed by atoms with van der Waals surface area (Å²) in [4.78, 5) is 56.4. The van der Waals surface area contributed by atoms with Crippen LogP contribution in [0.5, 0.6) is 0 Å². The van der Waals surface area contributed by atoms with Crippen LogP contribution in [-0.2, 0) is 9.59 Å². The average molecular weight is 523 g/mol. The summed E-state index contributed by atoms with van der Waals surface area (Å²) in [6, 6.07) is 20.4. The van der Waals surface area contributed by atoms with Gasteiger partial charge >= 0.3 is 0 Å². The molecule has 1 unspecified atom stereocenters. The Morgan fingerprint density at radius 2 is 1.56 bits per heavy atom. The number of rotatable bonds is 7. The molecule has 2 amide bonds. The van der Waals surface area contributed by atoms with Gasteiger partial charge in [-0.25, -0.2) is 0 Å². The highest BCUT2D eigenvalue weighted by atomic mass is 16.3. The largest absolute Gasteiger partial charge is 0.464 e. The van der Waals surface area contributed by atoms with Crippen molar-refractivity contribution < 1.29 is 18.8 Å². The Hall–Kier alpha value is -4.52. The Labute approximate surface area is 226 Å². The normalized spacial score (nSPS) is 14.5. The maximum atomic E-state index is 14.0. The zero-order chi connectivity index (χ0) is 27.4. The van der Waals surface area contributed by atoms with Crippen LogP contribution in [0.1, 0.15) is 59.6 Å².